The molecule has 1 atom stereocenters. The molecule has 0 spiro atoms. The highest BCUT2D eigenvalue weighted by atomic mass is 15.1. The van der Waals surface area contributed by atoms with Gasteiger partial charge in [0.1, 0.15) is 18.0 Å². The summed E-state index contributed by atoms with van der Waals surface area (Å²) >= 11 is 0. The van der Waals surface area contributed by atoms with E-state index in [1.165, 1.54) is 6.33 Å². The van der Waals surface area contributed by atoms with Crippen molar-refractivity contribution in [3.63, 3.8) is 0 Å². The van der Waals surface area contributed by atoms with Crippen molar-refractivity contribution >= 4 is 5.82 Å². The Bertz CT molecular complexity index is 521. The minimum absolute atomic E-state index is 0.144. The van der Waals surface area contributed by atoms with Gasteiger partial charge in [0.2, 0.25) is 0 Å². The molecule has 2 rings (SSSR count). The lowest BCUT2D eigenvalue weighted by molar-refractivity contribution is 0.610. The maximum Gasteiger partial charge on any atom is 0.131 e. The molecule has 3 N–H and O–H groups in total. The van der Waals surface area contributed by atoms with Crippen LogP contribution < -0.4 is 11.1 Å². The molecular formula is C13H20N6. The second-order valence-electron chi connectivity index (χ2n) is 4.48. The quantitative estimate of drug-likeness (QED) is 0.825. The fourth-order valence-corrected chi connectivity index (χ4v) is 2.03. The van der Waals surface area contributed by atoms with Crippen molar-refractivity contribution in [1.82, 2.24) is 19.5 Å². The normalized spacial score (nSPS) is 12.4. The smallest absolute Gasteiger partial charge is 0.131 e. The van der Waals surface area contributed by atoms with Gasteiger partial charge in [-0.05, 0) is 6.42 Å². The van der Waals surface area contributed by atoms with Gasteiger partial charge in [-0.15, -0.1) is 0 Å². The largest absolute Gasteiger partial charge is 0.360 e. The standard InChI is InChI=1S/C13H20N6/c1-3-4-11(13-15-5-6-19(13)2)18-12-7-10(8-14)16-9-17-12/h5-7,9,11H,3-4,8,14H2,1-2H3,(H,16,17,18). The Morgan fingerprint density at radius 3 is 2.84 bits per heavy atom. The van der Waals surface area contributed by atoms with Gasteiger partial charge in [-0.1, -0.05) is 13.3 Å². The van der Waals surface area contributed by atoms with E-state index in [1.54, 1.807) is 0 Å². The molecule has 2 heterocycles. The zero-order chi connectivity index (χ0) is 13.7. The Labute approximate surface area is 113 Å². The molecule has 0 aromatic carbocycles. The van der Waals surface area contributed by atoms with E-state index < -0.39 is 0 Å². The van der Waals surface area contributed by atoms with Crippen LogP contribution in [-0.4, -0.2) is 19.5 Å². The summed E-state index contributed by atoms with van der Waals surface area (Å²) < 4.78 is 2.03. The number of hydrogen-bond donors (Lipinski definition) is 2. The Morgan fingerprint density at radius 2 is 2.21 bits per heavy atom. The SMILES string of the molecule is CCCC(Nc1cc(CN)ncn1)c1nccn1C. The van der Waals surface area contributed by atoms with Crippen LogP contribution in [0.25, 0.3) is 0 Å². The molecule has 6 nitrogen and oxygen atoms in total. The number of nitrogens with two attached hydrogens (primary N) is 1. The monoisotopic (exact) mass is 260 g/mol. The van der Waals surface area contributed by atoms with Crippen LogP contribution in [0, 0.1) is 0 Å². The Balaban J connectivity index is 2.18. The van der Waals surface area contributed by atoms with Gasteiger partial charge >= 0.3 is 0 Å². The van der Waals surface area contributed by atoms with Crippen molar-refractivity contribution < 1.29 is 0 Å². The average molecular weight is 260 g/mol. The van der Waals surface area contributed by atoms with Crippen LogP contribution >= 0.6 is 0 Å². The van der Waals surface area contributed by atoms with E-state index in [9.17, 15) is 0 Å². The summed E-state index contributed by atoms with van der Waals surface area (Å²) in [6, 6.07) is 2.02. The number of imidazole rings is 1. The van der Waals surface area contributed by atoms with Crippen LogP contribution in [0.1, 0.15) is 37.3 Å². The molecule has 0 aliphatic heterocycles. The molecule has 0 saturated carbocycles. The van der Waals surface area contributed by atoms with Crippen LogP contribution in [0.15, 0.2) is 24.8 Å². The summed E-state index contributed by atoms with van der Waals surface area (Å²) in [6.45, 7) is 2.57. The molecule has 0 radical (unpaired) electrons. The van der Waals surface area contributed by atoms with E-state index in [1.807, 2.05) is 30.1 Å². The van der Waals surface area contributed by atoms with Crippen LogP contribution in [0.2, 0.25) is 0 Å². The highest BCUT2D eigenvalue weighted by Crippen LogP contribution is 2.21. The van der Waals surface area contributed by atoms with E-state index >= 15 is 0 Å². The summed E-state index contributed by atoms with van der Waals surface area (Å²) in [6.07, 6.45) is 7.36. The molecule has 0 aliphatic carbocycles. The highest BCUT2D eigenvalue weighted by molar-refractivity contribution is 5.37. The molecule has 0 saturated heterocycles. The Morgan fingerprint density at radius 1 is 1.37 bits per heavy atom. The summed E-state index contributed by atoms with van der Waals surface area (Å²) in [5.41, 5.74) is 6.42. The molecule has 0 bridgehead atoms. The molecule has 2 aromatic rings. The molecule has 0 fully saturated rings. The van der Waals surface area contributed by atoms with Crippen molar-refractivity contribution in [2.24, 2.45) is 12.8 Å². The number of rotatable bonds is 6. The van der Waals surface area contributed by atoms with Gasteiger partial charge in [-0.2, -0.15) is 0 Å². The summed E-state index contributed by atoms with van der Waals surface area (Å²) in [4.78, 5) is 12.7. The zero-order valence-electron chi connectivity index (χ0n) is 11.4. The van der Waals surface area contributed by atoms with Crippen molar-refractivity contribution in [2.45, 2.75) is 32.4 Å². The fraction of sp³-hybridized carbons (Fsp3) is 0.462. The van der Waals surface area contributed by atoms with Crippen molar-refractivity contribution in [3.05, 3.63) is 36.3 Å². The molecule has 0 aliphatic rings. The van der Waals surface area contributed by atoms with E-state index in [-0.39, 0.29) is 6.04 Å². The van der Waals surface area contributed by atoms with Gasteiger partial charge in [0, 0.05) is 32.1 Å². The highest BCUT2D eigenvalue weighted by Gasteiger charge is 2.15. The first-order valence-corrected chi connectivity index (χ1v) is 6.49. The van der Waals surface area contributed by atoms with Crippen molar-refractivity contribution in [3.8, 4) is 0 Å². The second-order valence-corrected chi connectivity index (χ2v) is 4.48. The van der Waals surface area contributed by atoms with E-state index in [2.05, 4.69) is 27.2 Å². The Hall–Kier alpha value is -1.95. The number of nitrogens with one attached hydrogen (secondary N) is 1. The first-order valence-electron chi connectivity index (χ1n) is 6.49. The van der Waals surface area contributed by atoms with Gasteiger partial charge < -0.3 is 15.6 Å². The third-order valence-corrected chi connectivity index (χ3v) is 3.00. The lowest BCUT2D eigenvalue weighted by Gasteiger charge is -2.18. The van der Waals surface area contributed by atoms with Gasteiger partial charge in [-0.3, -0.25) is 0 Å². The molecule has 1 unspecified atom stereocenters. The lowest BCUT2D eigenvalue weighted by atomic mass is 10.1. The maximum absolute atomic E-state index is 5.59. The maximum atomic E-state index is 5.59. The molecular weight excluding hydrogens is 240 g/mol. The van der Waals surface area contributed by atoms with Gasteiger partial charge in [0.15, 0.2) is 0 Å². The van der Waals surface area contributed by atoms with Gasteiger partial charge in [0.25, 0.3) is 0 Å². The zero-order valence-corrected chi connectivity index (χ0v) is 11.4. The average Bonchev–Trinajstić information content (AvgIpc) is 2.85. The minimum atomic E-state index is 0.144. The molecule has 102 valence electrons. The van der Waals surface area contributed by atoms with Crippen molar-refractivity contribution in [2.75, 3.05) is 5.32 Å². The van der Waals surface area contributed by atoms with Crippen LogP contribution in [0.4, 0.5) is 5.82 Å². The third kappa shape index (κ3) is 3.29. The topological polar surface area (TPSA) is 81.7 Å². The number of aryl methyl sites for hydroxylation is 1. The molecule has 2 aromatic heterocycles. The summed E-state index contributed by atoms with van der Waals surface area (Å²) in [5, 5.41) is 3.41. The van der Waals surface area contributed by atoms with Gasteiger partial charge in [-0.25, -0.2) is 15.0 Å². The second kappa shape index (κ2) is 6.29. The predicted molar refractivity (Wildman–Crippen MR) is 74.4 cm³/mol. The van der Waals surface area contributed by atoms with Crippen LogP contribution in [0.3, 0.4) is 0 Å². The van der Waals surface area contributed by atoms with Crippen LogP contribution in [0.5, 0.6) is 0 Å². The first kappa shape index (κ1) is 13.5. The molecule has 0 amide bonds. The number of anilines is 1. The Kier molecular flexibility index (Phi) is 4.46. The molecule has 6 heteroatoms. The number of hydrogen-bond acceptors (Lipinski definition) is 5. The number of aromatic nitrogens is 4. The van der Waals surface area contributed by atoms with Crippen molar-refractivity contribution in [1.29, 1.82) is 0 Å². The lowest BCUT2D eigenvalue weighted by Crippen LogP contribution is -2.16. The summed E-state index contributed by atoms with van der Waals surface area (Å²) in [7, 11) is 2.00. The fourth-order valence-electron chi connectivity index (χ4n) is 2.03. The first-order chi connectivity index (χ1) is 9.24. The summed E-state index contributed by atoms with van der Waals surface area (Å²) in [5.74, 6) is 1.80. The van der Waals surface area contributed by atoms with E-state index in [0.29, 0.717) is 6.54 Å². The van der Waals surface area contributed by atoms with Gasteiger partial charge in [0.05, 0.1) is 11.7 Å². The van der Waals surface area contributed by atoms with E-state index in [0.717, 1.165) is 30.2 Å². The molecule has 19 heavy (non-hydrogen) atoms. The van der Waals surface area contributed by atoms with Crippen LogP contribution in [-0.2, 0) is 13.6 Å². The predicted octanol–water partition coefficient (Wildman–Crippen LogP) is 1.62. The van der Waals surface area contributed by atoms with E-state index in [4.69, 9.17) is 5.73 Å². The third-order valence-electron chi connectivity index (χ3n) is 3.00. The number of nitrogens with zero attached hydrogens (tertiary/aromatic N) is 4. The minimum Gasteiger partial charge on any atom is -0.360 e.